The lowest BCUT2D eigenvalue weighted by Crippen LogP contribution is -2.39. The van der Waals surface area contributed by atoms with Gasteiger partial charge in [-0.05, 0) is 59.7 Å². The Morgan fingerprint density at radius 2 is 1.37 bits per heavy atom. The zero-order valence-electron chi connectivity index (χ0n) is 22.6. The van der Waals surface area contributed by atoms with Crippen molar-refractivity contribution in [2.45, 2.75) is 19.3 Å². The molecule has 3 aromatic rings. The van der Waals surface area contributed by atoms with Crippen molar-refractivity contribution in [2.24, 2.45) is 0 Å². The third-order valence-corrected chi connectivity index (χ3v) is 6.91. The minimum absolute atomic E-state index is 0.0214. The highest BCUT2D eigenvalue weighted by Gasteiger charge is 2.38. The summed E-state index contributed by atoms with van der Waals surface area (Å²) in [5, 5.41) is 7.66. The van der Waals surface area contributed by atoms with Gasteiger partial charge < -0.3 is 25.5 Å². The molecule has 13 heteroatoms. The van der Waals surface area contributed by atoms with Crippen LogP contribution in [0.25, 0.3) is 0 Å². The van der Waals surface area contributed by atoms with Gasteiger partial charge in [0.25, 0.3) is 11.8 Å². The van der Waals surface area contributed by atoms with Crippen LogP contribution in [0.5, 0.6) is 0 Å². The molecule has 2 aliphatic rings. The van der Waals surface area contributed by atoms with Gasteiger partial charge in [-0.1, -0.05) is 42.0 Å². The van der Waals surface area contributed by atoms with E-state index in [1.165, 1.54) is 4.90 Å². The first-order valence-electron chi connectivity index (χ1n) is 12.9. The maximum Gasteiger partial charge on any atom is 0.490 e. The van der Waals surface area contributed by atoms with Crippen molar-refractivity contribution in [3.63, 3.8) is 0 Å². The zero-order chi connectivity index (χ0) is 31.3. The number of aliphatic carboxylic acids is 1. The molecule has 2 heterocycles. The molecule has 0 unspecified atom stereocenters. The maximum atomic E-state index is 13.4. The fraction of sp³-hybridized carbons (Fsp3) is 0.200. The van der Waals surface area contributed by atoms with Crippen molar-refractivity contribution in [2.75, 3.05) is 30.3 Å². The van der Waals surface area contributed by atoms with Gasteiger partial charge in [0.2, 0.25) is 5.91 Å². The van der Waals surface area contributed by atoms with Gasteiger partial charge >= 0.3 is 12.1 Å². The van der Waals surface area contributed by atoms with Crippen molar-refractivity contribution in [3.05, 3.63) is 106 Å². The molecule has 9 nitrogen and oxygen atoms in total. The summed E-state index contributed by atoms with van der Waals surface area (Å²) in [6.07, 6.45) is -1.14. The molecule has 0 aromatic heterocycles. The first-order chi connectivity index (χ1) is 20.3. The predicted octanol–water partition coefficient (Wildman–Crippen LogP) is 4.76. The Hall–Kier alpha value is -4.84. The molecule has 0 spiro atoms. The van der Waals surface area contributed by atoms with Crippen molar-refractivity contribution >= 4 is 46.7 Å². The Morgan fingerprint density at radius 3 is 1.93 bits per heavy atom. The normalized spacial score (nSPS) is 14.5. The van der Waals surface area contributed by atoms with Gasteiger partial charge in [0.15, 0.2) is 0 Å². The lowest BCUT2D eigenvalue weighted by molar-refractivity contribution is -0.192. The molecule has 0 saturated heterocycles. The molecule has 0 fully saturated rings. The molecular formula is C30H26ClF3N4O5. The number of alkyl halides is 3. The number of carboxylic acids is 1. The maximum absolute atomic E-state index is 13.4. The second kappa shape index (κ2) is 13.0. The number of nitrogen functional groups attached to an aromatic ring is 1. The summed E-state index contributed by atoms with van der Waals surface area (Å²) >= 11 is 5.97. The van der Waals surface area contributed by atoms with Gasteiger partial charge in [-0.25, -0.2) is 4.79 Å². The third-order valence-electron chi connectivity index (χ3n) is 6.66. The Balaban J connectivity index is 0.000000541. The third kappa shape index (κ3) is 7.72. The van der Waals surface area contributed by atoms with E-state index >= 15 is 0 Å². The highest BCUT2D eigenvalue weighted by Crippen LogP contribution is 2.30. The molecule has 2 aliphatic heterocycles. The van der Waals surface area contributed by atoms with E-state index < -0.39 is 12.1 Å². The number of benzene rings is 3. The molecule has 43 heavy (non-hydrogen) atoms. The number of carboxylic acid groups (broad SMARTS) is 1. The number of amides is 3. The van der Waals surface area contributed by atoms with Crippen LogP contribution in [0.2, 0.25) is 5.02 Å². The predicted molar refractivity (Wildman–Crippen MR) is 153 cm³/mol. The molecule has 0 saturated carbocycles. The van der Waals surface area contributed by atoms with Crippen molar-refractivity contribution in [1.82, 2.24) is 9.80 Å². The summed E-state index contributed by atoms with van der Waals surface area (Å²) in [6.45, 7) is 1.72. The number of nitrogens with two attached hydrogens (primary N) is 1. The average Bonchev–Trinajstić information content (AvgIpc) is 3.47. The summed E-state index contributed by atoms with van der Waals surface area (Å²) in [5.74, 6) is -3.24. The van der Waals surface area contributed by atoms with Crippen LogP contribution in [0.4, 0.5) is 24.5 Å². The van der Waals surface area contributed by atoms with Crippen LogP contribution < -0.4 is 10.6 Å². The Bertz CT molecular complexity index is 1550. The van der Waals surface area contributed by atoms with Crippen LogP contribution in [0.15, 0.2) is 78.9 Å². The van der Waals surface area contributed by atoms with E-state index in [0.29, 0.717) is 40.6 Å². The van der Waals surface area contributed by atoms with Gasteiger partial charge in [0.1, 0.15) is 6.54 Å². The topological polar surface area (TPSA) is 124 Å². The molecule has 5 rings (SSSR count). The summed E-state index contributed by atoms with van der Waals surface area (Å²) < 4.78 is 31.7. The molecule has 0 aliphatic carbocycles. The van der Waals surface area contributed by atoms with Crippen LogP contribution in [-0.2, 0) is 22.7 Å². The molecule has 3 N–H and O–H groups in total. The first-order valence-corrected chi connectivity index (χ1v) is 13.3. The van der Waals surface area contributed by atoms with Gasteiger partial charge in [-0.15, -0.1) is 0 Å². The second-order valence-electron chi connectivity index (χ2n) is 9.72. The number of rotatable bonds is 4. The van der Waals surface area contributed by atoms with E-state index in [-0.39, 0.29) is 37.4 Å². The number of hydrogen-bond donors (Lipinski definition) is 2. The summed E-state index contributed by atoms with van der Waals surface area (Å²) in [7, 11) is 0. The summed E-state index contributed by atoms with van der Waals surface area (Å²) in [6, 6.07) is 19.3. The van der Waals surface area contributed by atoms with E-state index in [9.17, 15) is 27.6 Å². The van der Waals surface area contributed by atoms with Crippen LogP contribution in [0.1, 0.15) is 31.8 Å². The van der Waals surface area contributed by atoms with E-state index in [0.717, 1.165) is 11.1 Å². The molecular weight excluding hydrogens is 589 g/mol. The zero-order valence-corrected chi connectivity index (χ0v) is 23.3. The van der Waals surface area contributed by atoms with Gasteiger partial charge in [0, 0.05) is 41.5 Å². The van der Waals surface area contributed by atoms with Gasteiger partial charge in [0.05, 0.1) is 12.2 Å². The summed E-state index contributed by atoms with van der Waals surface area (Å²) in [5.41, 5.74) is 10.0. The number of anilines is 2. The van der Waals surface area contributed by atoms with Crippen LogP contribution >= 0.6 is 11.6 Å². The monoisotopic (exact) mass is 614 g/mol. The number of carbonyl (C=O) groups is 4. The highest BCUT2D eigenvalue weighted by molar-refractivity contribution is 6.30. The largest absolute Gasteiger partial charge is 0.490 e. The fourth-order valence-corrected chi connectivity index (χ4v) is 4.59. The first kappa shape index (κ1) is 31.1. The smallest absolute Gasteiger partial charge is 0.475 e. The standard InChI is InChI=1S/C28H25ClN4O3.C2HF3O2/c29-23-10-7-21(8-11-23)28(36)32-17-22-9-12-24(30)15-25(22)33(26(34)18-32)16-19-3-5-20(6-4-19)27(35)31-13-1-2-14-31;3-2(4,5)1(6)7/h1-12,15H,13-14,16-18,30H2;(H,6,7). The average molecular weight is 615 g/mol. The molecule has 0 bridgehead atoms. The molecule has 224 valence electrons. The molecule has 3 amide bonds. The van der Waals surface area contributed by atoms with Gasteiger partial charge in [-0.3, -0.25) is 14.4 Å². The van der Waals surface area contributed by atoms with Crippen LogP contribution in [-0.4, -0.2) is 64.4 Å². The second-order valence-corrected chi connectivity index (χ2v) is 10.2. The summed E-state index contributed by atoms with van der Waals surface area (Å²) in [4.78, 5) is 53.1. The van der Waals surface area contributed by atoms with E-state index in [1.807, 2.05) is 30.4 Å². The quantitative estimate of drug-likeness (QED) is 0.323. The molecule has 0 atom stereocenters. The molecule has 3 aromatic carbocycles. The molecule has 0 radical (unpaired) electrons. The Labute approximate surface area is 249 Å². The minimum atomic E-state index is -5.08. The number of carbonyl (C=O) groups excluding carboxylic acids is 3. The fourth-order valence-electron chi connectivity index (χ4n) is 4.46. The van der Waals surface area contributed by atoms with Crippen LogP contribution in [0, 0.1) is 0 Å². The number of fused-ring (bicyclic) bond motifs is 1. The lowest BCUT2D eigenvalue weighted by atomic mass is 10.1. The SMILES string of the molecule is Nc1ccc2c(c1)N(Cc1ccc(C(=O)N3CC=CC3)cc1)C(=O)CN(C(=O)c1ccc(Cl)cc1)C2.O=C(O)C(F)(F)F. The number of hydrogen-bond acceptors (Lipinski definition) is 5. The minimum Gasteiger partial charge on any atom is -0.475 e. The van der Waals surface area contributed by atoms with E-state index in [1.54, 1.807) is 58.3 Å². The van der Waals surface area contributed by atoms with Crippen molar-refractivity contribution in [1.29, 1.82) is 0 Å². The van der Waals surface area contributed by atoms with E-state index in [4.69, 9.17) is 27.2 Å². The number of nitrogens with zero attached hydrogens (tertiary/aromatic N) is 3. The Kier molecular flexibility index (Phi) is 9.40. The Morgan fingerprint density at radius 1 is 0.837 bits per heavy atom. The van der Waals surface area contributed by atoms with Crippen LogP contribution in [0.3, 0.4) is 0 Å². The number of halogens is 4. The lowest BCUT2D eigenvalue weighted by Gasteiger charge is -2.24. The van der Waals surface area contributed by atoms with Gasteiger partial charge in [-0.2, -0.15) is 13.2 Å². The van der Waals surface area contributed by atoms with Crippen molar-refractivity contribution < 1.29 is 37.5 Å². The highest BCUT2D eigenvalue weighted by atomic mass is 35.5. The van der Waals surface area contributed by atoms with Crippen molar-refractivity contribution in [3.8, 4) is 0 Å². The van der Waals surface area contributed by atoms with E-state index in [2.05, 4.69) is 0 Å².